The minimum absolute atomic E-state index is 0.0938. The molecule has 0 bridgehead atoms. The number of benzene rings is 1. The number of carboxylic acids is 1. The number of nitrogens with two attached hydrogens (primary N) is 1. The van der Waals surface area contributed by atoms with E-state index in [1.807, 2.05) is 30.3 Å². The number of hydrogen-bond acceptors (Lipinski definition) is 6. The van der Waals surface area contributed by atoms with Gasteiger partial charge in [-0.3, -0.25) is 10.3 Å². The van der Waals surface area contributed by atoms with E-state index in [0.717, 1.165) is 5.56 Å². The number of nitrogens with one attached hydrogen (secondary N) is 2. The molecule has 1 rings (SSSR count). The van der Waals surface area contributed by atoms with Crippen molar-refractivity contribution in [3.8, 4) is 0 Å². The third kappa shape index (κ3) is 11.2. The molecule has 10 nitrogen and oxygen atoms in total. The van der Waals surface area contributed by atoms with Crippen LogP contribution in [0.3, 0.4) is 0 Å². The second-order valence-electron chi connectivity index (χ2n) is 7.13. The summed E-state index contributed by atoms with van der Waals surface area (Å²) in [6, 6.07) is 8.02. The van der Waals surface area contributed by atoms with Crippen molar-refractivity contribution in [1.29, 1.82) is 0 Å². The van der Waals surface area contributed by atoms with Crippen molar-refractivity contribution in [3.05, 3.63) is 35.9 Å². The van der Waals surface area contributed by atoms with E-state index in [4.69, 9.17) is 15.2 Å². The monoisotopic (exact) mass is 408 g/mol. The van der Waals surface area contributed by atoms with Crippen molar-refractivity contribution >= 4 is 24.1 Å². The van der Waals surface area contributed by atoms with Gasteiger partial charge in [0.25, 0.3) is 0 Å². The molecule has 0 aliphatic carbocycles. The summed E-state index contributed by atoms with van der Waals surface area (Å²) in [6.45, 7) is 5.29. The van der Waals surface area contributed by atoms with Crippen molar-refractivity contribution < 1.29 is 29.0 Å². The quantitative estimate of drug-likeness (QED) is 0.291. The van der Waals surface area contributed by atoms with Crippen molar-refractivity contribution in [2.24, 2.45) is 10.7 Å². The van der Waals surface area contributed by atoms with Crippen LogP contribution in [-0.2, 0) is 20.9 Å². The van der Waals surface area contributed by atoms with Crippen LogP contribution in [0.1, 0.15) is 39.2 Å². The van der Waals surface area contributed by atoms with Crippen LogP contribution in [-0.4, -0.2) is 47.4 Å². The second-order valence-corrected chi connectivity index (χ2v) is 7.13. The lowest BCUT2D eigenvalue weighted by molar-refractivity contribution is -0.139. The molecule has 29 heavy (non-hydrogen) atoms. The zero-order chi connectivity index (χ0) is 21.9. The van der Waals surface area contributed by atoms with Gasteiger partial charge in [0, 0.05) is 6.54 Å². The Bertz CT molecular complexity index is 715. The minimum atomic E-state index is -1.18. The summed E-state index contributed by atoms with van der Waals surface area (Å²) in [5.74, 6) is -1.33. The van der Waals surface area contributed by atoms with Gasteiger partial charge in [-0.15, -0.1) is 0 Å². The maximum Gasteiger partial charge on any atom is 0.414 e. The number of amides is 2. The van der Waals surface area contributed by atoms with Crippen LogP contribution in [0, 0.1) is 0 Å². The molecular formula is C19H28N4O6. The fourth-order valence-corrected chi connectivity index (χ4v) is 2.11. The van der Waals surface area contributed by atoms with Gasteiger partial charge in [-0.1, -0.05) is 30.3 Å². The minimum Gasteiger partial charge on any atom is -0.480 e. The summed E-state index contributed by atoms with van der Waals surface area (Å²) in [6.07, 6.45) is -1.13. The Morgan fingerprint density at radius 3 is 2.41 bits per heavy atom. The normalized spacial score (nSPS) is 12.6. The fraction of sp³-hybridized carbons (Fsp3) is 0.474. The molecule has 0 saturated carbocycles. The average Bonchev–Trinajstić information content (AvgIpc) is 2.61. The number of nitrogens with zero attached hydrogens (tertiary/aromatic N) is 1. The first-order valence-electron chi connectivity index (χ1n) is 9.07. The molecule has 0 aliphatic rings. The molecule has 10 heteroatoms. The van der Waals surface area contributed by atoms with Gasteiger partial charge in [0.05, 0.1) is 0 Å². The van der Waals surface area contributed by atoms with Crippen LogP contribution in [0.4, 0.5) is 9.59 Å². The van der Waals surface area contributed by atoms with Gasteiger partial charge >= 0.3 is 18.2 Å². The topological polar surface area (TPSA) is 152 Å². The van der Waals surface area contributed by atoms with Gasteiger partial charge in [-0.05, 0) is 39.2 Å². The van der Waals surface area contributed by atoms with E-state index in [-0.39, 0.29) is 25.5 Å². The predicted octanol–water partition coefficient (Wildman–Crippen LogP) is 1.99. The average molecular weight is 408 g/mol. The zero-order valence-electron chi connectivity index (χ0n) is 16.8. The molecule has 1 aromatic carbocycles. The maximum absolute atomic E-state index is 11.7. The number of carbonyl (C=O) groups excluding carboxylic acids is 2. The molecule has 0 aliphatic heterocycles. The molecule has 0 heterocycles. The summed E-state index contributed by atoms with van der Waals surface area (Å²) in [4.78, 5) is 38.5. The highest BCUT2D eigenvalue weighted by molar-refractivity contribution is 5.92. The van der Waals surface area contributed by atoms with Crippen LogP contribution in [0.2, 0.25) is 0 Å². The van der Waals surface area contributed by atoms with Gasteiger partial charge in [-0.2, -0.15) is 0 Å². The third-order valence-electron chi connectivity index (χ3n) is 3.37. The van der Waals surface area contributed by atoms with Crippen LogP contribution in [0.15, 0.2) is 35.3 Å². The van der Waals surface area contributed by atoms with E-state index in [0.29, 0.717) is 6.42 Å². The lowest BCUT2D eigenvalue weighted by atomic mass is 10.1. The second kappa shape index (κ2) is 11.5. The Labute approximate surface area is 169 Å². The van der Waals surface area contributed by atoms with Gasteiger partial charge < -0.3 is 25.6 Å². The van der Waals surface area contributed by atoms with Gasteiger partial charge in [0.2, 0.25) is 0 Å². The van der Waals surface area contributed by atoms with E-state index < -0.39 is 29.8 Å². The first-order chi connectivity index (χ1) is 13.6. The molecule has 0 unspecified atom stereocenters. The molecular weight excluding hydrogens is 380 g/mol. The third-order valence-corrected chi connectivity index (χ3v) is 3.37. The number of alkyl carbamates (subject to hydrolysis) is 2. The summed E-state index contributed by atoms with van der Waals surface area (Å²) < 4.78 is 10.0. The highest BCUT2D eigenvalue weighted by Gasteiger charge is 2.23. The van der Waals surface area contributed by atoms with Crippen molar-refractivity contribution in [2.75, 3.05) is 6.54 Å². The van der Waals surface area contributed by atoms with Crippen molar-refractivity contribution in [1.82, 2.24) is 10.6 Å². The lowest BCUT2D eigenvalue weighted by Gasteiger charge is -2.21. The van der Waals surface area contributed by atoms with Gasteiger partial charge in [-0.25, -0.2) is 14.4 Å². The number of hydrogen-bond donors (Lipinski definition) is 4. The standard InChI is InChI=1S/C19H28N4O6/c1-19(2,3)29-18(27)22-14(15(24)25)10-7-11-21-16(20)23-17(26)28-12-13-8-5-4-6-9-13/h4-6,8-9,14H,7,10-12H2,1-3H3,(H,22,27)(H,24,25)(H3,20,21,23,26)/t14-/m1/s1. The molecule has 0 radical (unpaired) electrons. The Morgan fingerprint density at radius 2 is 1.83 bits per heavy atom. The molecule has 160 valence electrons. The number of aliphatic carboxylic acids is 1. The van der Waals surface area contributed by atoms with Gasteiger partial charge in [0.1, 0.15) is 18.2 Å². The van der Waals surface area contributed by atoms with Crippen LogP contribution >= 0.6 is 0 Å². The van der Waals surface area contributed by atoms with Crippen LogP contribution in [0.25, 0.3) is 0 Å². The Balaban J connectivity index is 2.34. The number of carbonyl (C=O) groups is 3. The maximum atomic E-state index is 11.7. The summed E-state index contributed by atoms with van der Waals surface area (Å²) >= 11 is 0. The largest absolute Gasteiger partial charge is 0.480 e. The van der Waals surface area contributed by atoms with E-state index in [9.17, 15) is 19.5 Å². The summed E-state index contributed by atoms with van der Waals surface area (Å²) in [7, 11) is 0. The predicted molar refractivity (Wildman–Crippen MR) is 106 cm³/mol. The summed E-state index contributed by atoms with van der Waals surface area (Å²) in [5.41, 5.74) is 5.70. The Kier molecular flexibility index (Phi) is 9.43. The van der Waals surface area contributed by atoms with E-state index in [1.54, 1.807) is 20.8 Å². The van der Waals surface area contributed by atoms with E-state index >= 15 is 0 Å². The molecule has 0 saturated heterocycles. The van der Waals surface area contributed by atoms with E-state index in [2.05, 4.69) is 15.6 Å². The highest BCUT2D eigenvalue weighted by Crippen LogP contribution is 2.08. The molecule has 1 atom stereocenters. The highest BCUT2D eigenvalue weighted by atomic mass is 16.6. The molecule has 5 N–H and O–H groups in total. The van der Waals surface area contributed by atoms with Crippen molar-refractivity contribution in [3.63, 3.8) is 0 Å². The molecule has 0 spiro atoms. The first-order valence-corrected chi connectivity index (χ1v) is 9.07. The number of rotatable bonds is 8. The van der Waals surface area contributed by atoms with Crippen LogP contribution < -0.4 is 16.4 Å². The van der Waals surface area contributed by atoms with Gasteiger partial charge in [0.15, 0.2) is 5.96 Å². The fourth-order valence-electron chi connectivity index (χ4n) is 2.11. The molecule has 1 aromatic rings. The number of aliphatic imine (C=N–C) groups is 1. The Morgan fingerprint density at radius 1 is 1.17 bits per heavy atom. The molecule has 0 fully saturated rings. The number of ether oxygens (including phenoxy) is 2. The zero-order valence-corrected chi connectivity index (χ0v) is 16.8. The first kappa shape index (κ1) is 23.7. The number of carboxylic acid groups (broad SMARTS) is 1. The Hall–Kier alpha value is -3.30. The summed E-state index contributed by atoms with van der Waals surface area (Å²) in [5, 5.41) is 13.8. The van der Waals surface area contributed by atoms with E-state index in [1.165, 1.54) is 0 Å². The lowest BCUT2D eigenvalue weighted by Crippen LogP contribution is -2.43. The van der Waals surface area contributed by atoms with Crippen molar-refractivity contribution in [2.45, 2.75) is 51.9 Å². The molecule has 0 aromatic heterocycles. The molecule has 2 amide bonds. The number of guanidine groups is 1. The SMILES string of the molecule is CC(C)(C)OC(=O)N[C@H](CCCN=C(N)NC(=O)OCc1ccccc1)C(=O)O. The smallest absolute Gasteiger partial charge is 0.414 e. The van der Waals surface area contributed by atoms with Crippen LogP contribution in [0.5, 0.6) is 0 Å².